The molecule has 22 heavy (non-hydrogen) atoms. The Bertz CT molecular complexity index is 913. The van der Waals surface area contributed by atoms with Gasteiger partial charge >= 0.3 is 0 Å². The van der Waals surface area contributed by atoms with Crippen LogP contribution in [-0.2, 0) is 6.54 Å². The fourth-order valence-corrected chi connectivity index (χ4v) is 4.45. The zero-order valence-corrected chi connectivity index (χ0v) is 14.6. The third-order valence-corrected chi connectivity index (χ3v) is 5.88. The van der Waals surface area contributed by atoms with Crippen LogP contribution in [0.2, 0.25) is 0 Å². The lowest BCUT2D eigenvalue weighted by atomic mass is 10.0. The molecule has 2 heterocycles. The molecule has 2 nitrogen and oxygen atoms in total. The number of pyridine rings is 1. The van der Waals surface area contributed by atoms with Crippen molar-refractivity contribution in [3.8, 4) is 10.4 Å². The molecule has 3 aromatic rings. The van der Waals surface area contributed by atoms with Gasteiger partial charge in [0.25, 0.3) is 0 Å². The first kappa shape index (κ1) is 15.0. The lowest BCUT2D eigenvalue weighted by Gasteiger charge is -2.12. The topological polar surface area (TPSA) is 22.0 Å². The Labute approximate surface area is 135 Å². The van der Waals surface area contributed by atoms with Crippen molar-refractivity contribution in [3.63, 3.8) is 0 Å². The van der Waals surface area contributed by atoms with Gasteiger partial charge in [0.1, 0.15) is 4.83 Å². The number of fused-ring (bicyclic) bond motifs is 1. The van der Waals surface area contributed by atoms with E-state index < -0.39 is 0 Å². The number of thiophene rings is 1. The molecule has 114 valence electrons. The van der Waals surface area contributed by atoms with E-state index in [-0.39, 0.29) is 5.43 Å². The van der Waals surface area contributed by atoms with Crippen LogP contribution < -0.4 is 5.43 Å². The van der Waals surface area contributed by atoms with Gasteiger partial charge in [-0.3, -0.25) is 4.79 Å². The molecule has 0 aliphatic heterocycles. The number of nitrogens with zero attached hydrogens (tertiary/aromatic N) is 1. The highest BCUT2D eigenvalue weighted by molar-refractivity contribution is 7.22. The van der Waals surface area contributed by atoms with E-state index in [1.807, 2.05) is 13.8 Å². The molecule has 0 unspecified atom stereocenters. The monoisotopic (exact) mass is 311 g/mol. The van der Waals surface area contributed by atoms with Crippen LogP contribution in [0.25, 0.3) is 20.7 Å². The van der Waals surface area contributed by atoms with Crippen LogP contribution in [0.15, 0.2) is 29.1 Å². The van der Waals surface area contributed by atoms with Gasteiger partial charge in [0.2, 0.25) is 0 Å². The van der Waals surface area contributed by atoms with E-state index in [9.17, 15) is 4.79 Å². The third-order valence-electron chi connectivity index (χ3n) is 4.52. The second-order valence-corrected chi connectivity index (χ2v) is 6.89. The normalized spacial score (nSPS) is 11.3. The van der Waals surface area contributed by atoms with Crippen LogP contribution in [0.4, 0.5) is 0 Å². The first-order valence-corrected chi connectivity index (χ1v) is 8.47. The quantitative estimate of drug-likeness (QED) is 0.654. The molecular weight excluding hydrogens is 290 g/mol. The lowest BCUT2D eigenvalue weighted by Crippen LogP contribution is -2.15. The van der Waals surface area contributed by atoms with Crippen molar-refractivity contribution in [1.82, 2.24) is 4.57 Å². The number of aromatic nitrogens is 1. The van der Waals surface area contributed by atoms with Gasteiger partial charge in [0.05, 0.1) is 5.39 Å². The van der Waals surface area contributed by atoms with Crippen LogP contribution >= 0.6 is 11.3 Å². The number of hydrogen-bond acceptors (Lipinski definition) is 2. The fraction of sp³-hybridized carbons (Fsp3) is 0.316. The van der Waals surface area contributed by atoms with E-state index in [0.29, 0.717) is 0 Å². The summed E-state index contributed by atoms with van der Waals surface area (Å²) in [5.74, 6) is 0. The average Bonchev–Trinajstić information content (AvgIpc) is 2.84. The fourth-order valence-electron chi connectivity index (χ4n) is 3.02. The van der Waals surface area contributed by atoms with E-state index in [4.69, 9.17) is 0 Å². The molecule has 0 amide bonds. The molecule has 0 bridgehead atoms. The summed E-state index contributed by atoms with van der Waals surface area (Å²) in [4.78, 5) is 15.0. The van der Waals surface area contributed by atoms with E-state index in [0.717, 1.165) is 33.6 Å². The predicted molar refractivity (Wildman–Crippen MR) is 96.1 cm³/mol. The molecule has 0 saturated carbocycles. The summed E-state index contributed by atoms with van der Waals surface area (Å²) in [5.41, 5.74) is 5.69. The van der Waals surface area contributed by atoms with Crippen molar-refractivity contribution in [3.05, 3.63) is 56.9 Å². The SMILES string of the molecule is CCn1c(C)c(C)c(=O)c2c(C)c(-c3ccc(C)cc3)sc21. The molecule has 2 aromatic heterocycles. The molecule has 0 fully saturated rings. The summed E-state index contributed by atoms with van der Waals surface area (Å²) in [6.45, 7) is 11.2. The molecule has 0 atom stereocenters. The Balaban J connectivity index is 2.41. The second kappa shape index (κ2) is 5.40. The zero-order valence-electron chi connectivity index (χ0n) is 13.8. The lowest BCUT2D eigenvalue weighted by molar-refractivity contribution is 0.757. The Morgan fingerprint density at radius 3 is 2.23 bits per heavy atom. The van der Waals surface area contributed by atoms with Gasteiger partial charge < -0.3 is 4.57 Å². The Hall–Kier alpha value is -1.87. The molecule has 0 spiro atoms. The third kappa shape index (κ3) is 2.12. The van der Waals surface area contributed by atoms with Crippen LogP contribution in [0.5, 0.6) is 0 Å². The summed E-state index contributed by atoms with van der Waals surface area (Å²) in [7, 11) is 0. The number of hydrogen-bond donors (Lipinski definition) is 0. The van der Waals surface area contributed by atoms with E-state index in [1.165, 1.54) is 16.0 Å². The van der Waals surface area contributed by atoms with Crippen molar-refractivity contribution >= 4 is 21.6 Å². The summed E-state index contributed by atoms with van der Waals surface area (Å²) >= 11 is 1.73. The maximum atomic E-state index is 12.7. The van der Waals surface area contributed by atoms with Crippen LogP contribution in [0, 0.1) is 27.7 Å². The Kier molecular flexibility index (Phi) is 3.69. The molecule has 0 aliphatic carbocycles. The standard InChI is InChI=1S/C19H21NOS/c1-6-20-14(5)12(3)17(21)16-13(4)18(22-19(16)20)15-9-7-11(2)8-10-15/h7-10H,6H2,1-5H3. The maximum Gasteiger partial charge on any atom is 0.193 e. The Morgan fingerprint density at radius 2 is 1.64 bits per heavy atom. The maximum absolute atomic E-state index is 12.7. The van der Waals surface area contributed by atoms with Gasteiger partial charge in [-0.25, -0.2) is 0 Å². The predicted octanol–water partition coefficient (Wildman–Crippen LogP) is 4.98. The number of rotatable bonds is 2. The minimum absolute atomic E-state index is 0.185. The minimum Gasteiger partial charge on any atom is -0.337 e. The highest BCUT2D eigenvalue weighted by atomic mass is 32.1. The summed E-state index contributed by atoms with van der Waals surface area (Å²) in [5, 5.41) is 0.894. The van der Waals surface area contributed by atoms with Gasteiger partial charge in [-0.05, 0) is 45.7 Å². The zero-order chi connectivity index (χ0) is 16.0. The second-order valence-electron chi connectivity index (χ2n) is 5.89. The van der Waals surface area contributed by atoms with Gasteiger partial charge in [-0.2, -0.15) is 0 Å². The van der Waals surface area contributed by atoms with Crippen molar-refractivity contribution in [1.29, 1.82) is 0 Å². The minimum atomic E-state index is 0.185. The van der Waals surface area contributed by atoms with Gasteiger partial charge in [-0.15, -0.1) is 11.3 Å². The average molecular weight is 311 g/mol. The Morgan fingerprint density at radius 1 is 1.00 bits per heavy atom. The summed E-state index contributed by atoms with van der Waals surface area (Å²) in [6.07, 6.45) is 0. The van der Waals surface area contributed by atoms with Crippen molar-refractivity contribution in [2.75, 3.05) is 0 Å². The number of aryl methyl sites for hydroxylation is 3. The van der Waals surface area contributed by atoms with E-state index >= 15 is 0 Å². The molecule has 3 heteroatoms. The summed E-state index contributed by atoms with van der Waals surface area (Å²) in [6, 6.07) is 8.55. The molecule has 0 aliphatic rings. The largest absolute Gasteiger partial charge is 0.337 e. The highest BCUT2D eigenvalue weighted by Crippen LogP contribution is 2.37. The van der Waals surface area contributed by atoms with E-state index in [2.05, 4.69) is 49.6 Å². The molecule has 0 saturated heterocycles. The molecule has 1 aromatic carbocycles. The number of benzene rings is 1. The van der Waals surface area contributed by atoms with Crippen molar-refractivity contribution in [2.24, 2.45) is 0 Å². The molecule has 0 N–H and O–H groups in total. The van der Waals surface area contributed by atoms with Gasteiger partial charge in [-0.1, -0.05) is 29.8 Å². The summed E-state index contributed by atoms with van der Waals surface area (Å²) < 4.78 is 2.27. The van der Waals surface area contributed by atoms with Crippen LogP contribution in [0.3, 0.4) is 0 Å². The highest BCUT2D eigenvalue weighted by Gasteiger charge is 2.18. The van der Waals surface area contributed by atoms with Crippen molar-refractivity contribution < 1.29 is 0 Å². The molecular formula is C19H21NOS. The molecule has 3 rings (SSSR count). The first-order valence-electron chi connectivity index (χ1n) is 7.65. The van der Waals surface area contributed by atoms with E-state index in [1.54, 1.807) is 11.3 Å². The van der Waals surface area contributed by atoms with Crippen LogP contribution in [-0.4, -0.2) is 4.57 Å². The van der Waals surface area contributed by atoms with Crippen molar-refractivity contribution in [2.45, 2.75) is 41.2 Å². The van der Waals surface area contributed by atoms with Gasteiger partial charge in [0, 0.05) is 22.7 Å². The first-order chi connectivity index (χ1) is 10.5. The van der Waals surface area contributed by atoms with Crippen LogP contribution in [0.1, 0.15) is 29.3 Å². The molecule has 0 radical (unpaired) electrons. The van der Waals surface area contributed by atoms with Gasteiger partial charge in [0.15, 0.2) is 5.43 Å². The smallest absolute Gasteiger partial charge is 0.193 e.